The van der Waals surface area contributed by atoms with Gasteiger partial charge in [-0.25, -0.2) is 0 Å². The molecular weight excluding hydrogens is 258 g/mol. The molecule has 6 nitrogen and oxygen atoms in total. The number of H-pyrrole nitrogens is 1. The van der Waals surface area contributed by atoms with Crippen LogP contribution in [0.5, 0.6) is 0 Å². The number of ether oxygens (including phenoxy) is 1. The molecule has 0 radical (unpaired) electrons. The van der Waals surface area contributed by atoms with Gasteiger partial charge in [-0.15, -0.1) is 0 Å². The lowest BCUT2D eigenvalue weighted by Gasteiger charge is -2.20. The van der Waals surface area contributed by atoms with Crippen LogP contribution in [0, 0.1) is 18.3 Å². The molecule has 1 heterocycles. The minimum absolute atomic E-state index is 0.00897. The fourth-order valence-corrected chi connectivity index (χ4v) is 2.57. The summed E-state index contributed by atoms with van der Waals surface area (Å²) in [5.74, 6) is -0.335. The second-order valence-corrected chi connectivity index (χ2v) is 4.97. The summed E-state index contributed by atoms with van der Waals surface area (Å²) in [4.78, 5) is 26.3. The molecule has 2 atom stereocenters. The Morgan fingerprint density at radius 2 is 2.30 bits per heavy atom. The number of aromatic amines is 1. The van der Waals surface area contributed by atoms with E-state index in [1.54, 1.807) is 20.1 Å². The third-order valence-corrected chi connectivity index (χ3v) is 3.66. The highest BCUT2D eigenvalue weighted by Crippen LogP contribution is 2.21. The van der Waals surface area contributed by atoms with Gasteiger partial charge in [0, 0.05) is 7.11 Å². The summed E-state index contributed by atoms with van der Waals surface area (Å²) in [6, 6.07) is 3.19. The molecule has 1 aromatic heterocycles. The van der Waals surface area contributed by atoms with E-state index in [4.69, 9.17) is 10.00 Å². The van der Waals surface area contributed by atoms with E-state index in [0.29, 0.717) is 5.56 Å². The van der Waals surface area contributed by atoms with Gasteiger partial charge in [-0.05, 0) is 37.8 Å². The number of nitrogens with zero attached hydrogens (tertiary/aromatic N) is 1. The molecule has 0 saturated heterocycles. The molecule has 1 aliphatic carbocycles. The van der Waals surface area contributed by atoms with Crippen LogP contribution in [-0.4, -0.2) is 30.1 Å². The van der Waals surface area contributed by atoms with E-state index < -0.39 is 5.56 Å². The molecule has 0 aromatic carbocycles. The monoisotopic (exact) mass is 275 g/mol. The van der Waals surface area contributed by atoms with Crippen molar-refractivity contribution in [3.05, 3.63) is 33.2 Å². The summed E-state index contributed by atoms with van der Waals surface area (Å²) < 4.78 is 5.32. The van der Waals surface area contributed by atoms with Crippen molar-refractivity contribution < 1.29 is 9.53 Å². The first-order valence-corrected chi connectivity index (χ1v) is 6.54. The SMILES string of the molecule is CO[C@@H]1CCC[C@H]1NC(=O)c1[nH]c(=O)c(C#N)cc1C. The largest absolute Gasteiger partial charge is 0.379 e. The van der Waals surface area contributed by atoms with Gasteiger partial charge in [0.1, 0.15) is 17.3 Å². The first-order valence-electron chi connectivity index (χ1n) is 6.54. The number of methoxy groups -OCH3 is 1. The molecular formula is C14H17N3O3. The van der Waals surface area contributed by atoms with Crippen LogP contribution in [0.15, 0.2) is 10.9 Å². The smallest absolute Gasteiger partial charge is 0.268 e. The van der Waals surface area contributed by atoms with E-state index in [9.17, 15) is 9.59 Å². The van der Waals surface area contributed by atoms with Crippen LogP contribution in [0.4, 0.5) is 0 Å². The molecule has 20 heavy (non-hydrogen) atoms. The zero-order valence-corrected chi connectivity index (χ0v) is 11.5. The van der Waals surface area contributed by atoms with Crippen molar-refractivity contribution in [2.75, 3.05) is 7.11 Å². The van der Waals surface area contributed by atoms with Crippen LogP contribution in [0.25, 0.3) is 0 Å². The van der Waals surface area contributed by atoms with E-state index >= 15 is 0 Å². The third-order valence-electron chi connectivity index (χ3n) is 3.66. The first kappa shape index (κ1) is 14.3. The van der Waals surface area contributed by atoms with Crippen molar-refractivity contribution in [1.82, 2.24) is 10.3 Å². The van der Waals surface area contributed by atoms with E-state index in [1.165, 1.54) is 6.07 Å². The number of carbonyl (C=O) groups excluding carboxylic acids is 1. The maximum absolute atomic E-state index is 12.2. The molecule has 1 saturated carbocycles. The van der Waals surface area contributed by atoms with Crippen LogP contribution in [-0.2, 0) is 4.74 Å². The molecule has 0 unspecified atom stereocenters. The quantitative estimate of drug-likeness (QED) is 0.855. The summed E-state index contributed by atoms with van der Waals surface area (Å²) >= 11 is 0. The maximum atomic E-state index is 12.2. The average Bonchev–Trinajstić information content (AvgIpc) is 2.87. The maximum Gasteiger partial charge on any atom is 0.268 e. The summed E-state index contributed by atoms with van der Waals surface area (Å²) in [7, 11) is 1.63. The van der Waals surface area contributed by atoms with Crippen LogP contribution in [0.3, 0.4) is 0 Å². The number of aromatic nitrogens is 1. The van der Waals surface area contributed by atoms with Crippen molar-refractivity contribution in [1.29, 1.82) is 5.26 Å². The predicted molar refractivity (Wildman–Crippen MR) is 72.4 cm³/mol. The van der Waals surface area contributed by atoms with Gasteiger partial charge >= 0.3 is 0 Å². The normalized spacial score (nSPS) is 21.4. The molecule has 0 aliphatic heterocycles. The Hall–Kier alpha value is -2.13. The predicted octanol–water partition coefficient (Wildman–Crippen LogP) is 0.852. The van der Waals surface area contributed by atoms with Crippen molar-refractivity contribution >= 4 is 5.91 Å². The molecule has 0 bridgehead atoms. The van der Waals surface area contributed by atoms with E-state index in [1.807, 2.05) is 0 Å². The number of pyridine rings is 1. The Balaban J connectivity index is 2.20. The van der Waals surface area contributed by atoms with Crippen molar-refractivity contribution in [2.24, 2.45) is 0 Å². The lowest BCUT2D eigenvalue weighted by molar-refractivity contribution is 0.0718. The van der Waals surface area contributed by atoms with Crippen molar-refractivity contribution in [3.63, 3.8) is 0 Å². The summed E-state index contributed by atoms with van der Waals surface area (Å²) in [6.45, 7) is 1.69. The Morgan fingerprint density at radius 3 is 2.95 bits per heavy atom. The second-order valence-electron chi connectivity index (χ2n) is 4.97. The molecule has 2 N–H and O–H groups in total. The Bertz CT molecular complexity index is 615. The number of hydrogen-bond acceptors (Lipinski definition) is 4. The zero-order valence-electron chi connectivity index (χ0n) is 11.5. The number of amides is 1. The summed E-state index contributed by atoms with van der Waals surface area (Å²) in [5.41, 5.74) is 0.244. The molecule has 1 aromatic rings. The highest BCUT2D eigenvalue weighted by molar-refractivity contribution is 5.94. The van der Waals surface area contributed by atoms with Gasteiger partial charge in [-0.2, -0.15) is 5.26 Å². The van der Waals surface area contributed by atoms with Gasteiger partial charge in [0.15, 0.2) is 0 Å². The Morgan fingerprint density at radius 1 is 1.55 bits per heavy atom. The van der Waals surface area contributed by atoms with Gasteiger partial charge in [-0.1, -0.05) is 0 Å². The van der Waals surface area contributed by atoms with Crippen LogP contribution in [0.1, 0.15) is 40.9 Å². The van der Waals surface area contributed by atoms with E-state index in [-0.39, 0.29) is 29.3 Å². The number of rotatable bonds is 3. The molecule has 0 spiro atoms. The average molecular weight is 275 g/mol. The topological polar surface area (TPSA) is 95.0 Å². The van der Waals surface area contributed by atoms with Gasteiger partial charge in [0.25, 0.3) is 11.5 Å². The van der Waals surface area contributed by atoms with Gasteiger partial charge in [0.2, 0.25) is 0 Å². The van der Waals surface area contributed by atoms with Gasteiger partial charge < -0.3 is 15.0 Å². The first-order chi connectivity index (χ1) is 9.56. The number of nitrogens with one attached hydrogen (secondary N) is 2. The molecule has 106 valence electrons. The lowest BCUT2D eigenvalue weighted by atomic mass is 10.1. The second kappa shape index (κ2) is 5.88. The Kier molecular flexibility index (Phi) is 4.20. The van der Waals surface area contributed by atoms with E-state index in [2.05, 4.69) is 10.3 Å². The highest BCUT2D eigenvalue weighted by Gasteiger charge is 2.29. The van der Waals surface area contributed by atoms with Crippen molar-refractivity contribution in [3.8, 4) is 6.07 Å². The zero-order chi connectivity index (χ0) is 14.7. The fourth-order valence-electron chi connectivity index (χ4n) is 2.57. The number of aryl methyl sites for hydroxylation is 1. The van der Waals surface area contributed by atoms with Crippen LogP contribution in [0.2, 0.25) is 0 Å². The molecule has 1 fully saturated rings. The van der Waals surface area contributed by atoms with Crippen molar-refractivity contribution in [2.45, 2.75) is 38.3 Å². The van der Waals surface area contributed by atoms with E-state index in [0.717, 1.165) is 19.3 Å². The fraction of sp³-hybridized carbons (Fsp3) is 0.500. The van der Waals surface area contributed by atoms with Crippen LogP contribution >= 0.6 is 0 Å². The molecule has 6 heteroatoms. The number of hydrogen-bond donors (Lipinski definition) is 2. The summed E-state index contributed by atoms with van der Waals surface area (Å²) in [6.07, 6.45) is 2.81. The lowest BCUT2D eigenvalue weighted by Crippen LogP contribution is -2.41. The highest BCUT2D eigenvalue weighted by atomic mass is 16.5. The number of nitriles is 1. The van der Waals surface area contributed by atoms with Gasteiger partial charge in [0.05, 0.1) is 12.1 Å². The minimum atomic E-state index is -0.544. The van der Waals surface area contributed by atoms with Crippen LogP contribution < -0.4 is 10.9 Å². The van der Waals surface area contributed by atoms with Gasteiger partial charge in [-0.3, -0.25) is 9.59 Å². The Labute approximate surface area is 116 Å². The number of carbonyl (C=O) groups is 1. The minimum Gasteiger partial charge on any atom is -0.379 e. The molecule has 2 rings (SSSR count). The third kappa shape index (κ3) is 2.73. The summed E-state index contributed by atoms with van der Waals surface area (Å²) in [5, 5.41) is 11.7. The molecule has 1 aliphatic rings. The standard InChI is InChI=1S/C14H17N3O3/c1-8-6-9(7-15)13(18)17-12(8)14(19)16-10-4-3-5-11(10)20-2/h6,10-11H,3-5H2,1-2H3,(H,16,19)(H,17,18)/t10-,11-/m1/s1. The molecule has 1 amide bonds.